The van der Waals surface area contributed by atoms with Crippen LogP contribution in [0.5, 0.6) is 5.75 Å². The van der Waals surface area contributed by atoms with E-state index in [1.165, 1.54) is 13.2 Å². The van der Waals surface area contributed by atoms with Crippen molar-refractivity contribution >= 4 is 12.9 Å². The molecule has 0 fully saturated rings. The number of hydrogen-bond acceptors (Lipinski definition) is 4. The molecular weight excluding hydrogens is 526 g/mol. The minimum absolute atomic E-state index is 0.300. The summed E-state index contributed by atoms with van der Waals surface area (Å²) >= 11 is 0. The highest BCUT2D eigenvalue weighted by Crippen LogP contribution is 2.41. The summed E-state index contributed by atoms with van der Waals surface area (Å²) in [4.78, 5) is 0. The molecule has 1 aromatic heterocycles. The van der Waals surface area contributed by atoms with E-state index in [0.717, 1.165) is 16.7 Å². The van der Waals surface area contributed by atoms with Crippen LogP contribution in [0, 0.1) is 5.82 Å². The molecule has 0 atom stereocenters. The number of aliphatic hydroxyl groups is 1. The van der Waals surface area contributed by atoms with Gasteiger partial charge >= 0.3 is 7.48 Å². The third-order valence-electron chi connectivity index (χ3n) is 8.05. The summed E-state index contributed by atoms with van der Waals surface area (Å²) in [5.74, 6) is -0.0615. The van der Waals surface area contributed by atoms with Gasteiger partial charge in [0.05, 0.1) is 24.0 Å². The van der Waals surface area contributed by atoms with Crippen molar-refractivity contribution in [2.75, 3.05) is 7.11 Å². The first-order chi connectivity index (χ1) is 20.1. The standard InChI is InChI=1S/C35H35BFN2O3/c1-33(2,40)34(3,4)42-36-30-24-39(38-32(30)29-22-21-28(41-5)23-31(29)37)35(25-15-9-6-10-16-25,26-17-11-7-12-18-26)27-19-13-8-14-20-27/h6-24,40H,1-5H3. The predicted molar refractivity (Wildman–Crippen MR) is 166 cm³/mol. The van der Waals surface area contributed by atoms with Crippen LogP contribution in [0.1, 0.15) is 44.4 Å². The molecule has 0 amide bonds. The lowest BCUT2D eigenvalue weighted by atomic mass is 9.77. The highest BCUT2D eigenvalue weighted by atomic mass is 19.1. The van der Waals surface area contributed by atoms with E-state index in [9.17, 15) is 5.11 Å². The Balaban J connectivity index is 1.80. The molecule has 1 heterocycles. The van der Waals surface area contributed by atoms with Crippen LogP contribution in [-0.2, 0) is 10.2 Å². The third-order valence-corrected chi connectivity index (χ3v) is 8.05. The monoisotopic (exact) mass is 561 g/mol. The van der Waals surface area contributed by atoms with Crippen molar-refractivity contribution in [1.82, 2.24) is 9.78 Å². The molecular formula is C35H35BFN2O3. The first kappa shape index (κ1) is 29.3. The molecule has 5 aromatic rings. The molecule has 0 spiro atoms. The first-order valence-corrected chi connectivity index (χ1v) is 13.9. The van der Waals surface area contributed by atoms with Crippen LogP contribution in [0.2, 0.25) is 0 Å². The van der Waals surface area contributed by atoms with E-state index in [1.807, 2.05) is 79.3 Å². The Morgan fingerprint density at radius 1 is 0.762 bits per heavy atom. The molecule has 0 saturated heterocycles. The minimum atomic E-state index is -1.15. The van der Waals surface area contributed by atoms with Gasteiger partial charge in [-0.25, -0.2) is 4.39 Å². The van der Waals surface area contributed by atoms with E-state index in [1.54, 1.807) is 33.5 Å². The number of rotatable bonds is 10. The Morgan fingerprint density at radius 2 is 1.26 bits per heavy atom. The normalized spacial score (nSPS) is 12.3. The maximum Gasteiger partial charge on any atom is 0.334 e. The summed E-state index contributed by atoms with van der Waals surface area (Å²) < 4.78 is 29.0. The fourth-order valence-electron chi connectivity index (χ4n) is 4.96. The van der Waals surface area contributed by atoms with E-state index >= 15 is 4.39 Å². The van der Waals surface area contributed by atoms with E-state index in [2.05, 4.69) is 36.4 Å². The van der Waals surface area contributed by atoms with Crippen molar-refractivity contribution < 1.29 is 18.9 Å². The summed E-state index contributed by atoms with van der Waals surface area (Å²) in [6.45, 7) is 7.01. The number of methoxy groups -OCH3 is 1. The highest BCUT2D eigenvalue weighted by Gasteiger charge is 2.41. The maximum atomic E-state index is 15.6. The molecule has 213 valence electrons. The van der Waals surface area contributed by atoms with Crippen molar-refractivity contribution in [2.45, 2.75) is 44.4 Å². The van der Waals surface area contributed by atoms with Crippen molar-refractivity contribution in [2.24, 2.45) is 0 Å². The van der Waals surface area contributed by atoms with Crippen LogP contribution in [0.25, 0.3) is 11.3 Å². The zero-order valence-electron chi connectivity index (χ0n) is 24.6. The second-order valence-electron chi connectivity index (χ2n) is 11.3. The van der Waals surface area contributed by atoms with Crippen LogP contribution < -0.4 is 10.2 Å². The van der Waals surface area contributed by atoms with Gasteiger partial charge in [0, 0.05) is 17.8 Å². The van der Waals surface area contributed by atoms with Crippen LogP contribution in [0.3, 0.4) is 0 Å². The fraction of sp³-hybridized carbons (Fsp3) is 0.229. The summed E-state index contributed by atoms with van der Waals surface area (Å²) in [5, 5.41) is 15.9. The van der Waals surface area contributed by atoms with Gasteiger partial charge in [-0.2, -0.15) is 5.10 Å². The largest absolute Gasteiger partial charge is 0.497 e. The van der Waals surface area contributed by atoms with Gasteiger partial charge in [0.1, 0.15) is 17.1 Å². The number of hydrogen-bond donors (Lipinski definition) is 1. The molecule has 5 nitrogen and oxygen atoms in total. The number of ether oxygens (including phenoxy) is 1. The van der Waals surface area contributed by atoms with Gasteiger partial charge in [0.25, 0.3) is 0 Å². The average molecular weight is 561 g/mol. The molecule has 0 aliphatic carbocycles. The molecule has 0 aliphatic rings. The Labute approximate surface area is 247 Å². The fourth-order valence-corrected chi connectivity index (χ4v) is 4.96. The topological polar surface area (TPSA) is 56.5 Å². The van der Waals surface area contributed by atoms with Gasteiger partial charge in [0.15, 0.2) is 0 Å². The van der Waals surface area contributed by atoms with Crippen molar-refractivity contribution in [3.8, 4) is 17.0 Å². The lowest BCUT2D eigenvalue weighted by molar-refractivity contribution is -0.0893. The molecule has 7 heteroatoms. The zero-order valence-corrected chi connectivity index (χ0v) is 24.6. The molecule has 0 saturated carbocycles. The average Bonchev–Trinajstić information content (AvgIpc) is 3.41. The second-order valence-corrected chi connectivity index (χ2v) is 11.3. The van der Waals surface area contributed by atoms with Crippen LogP contribution in [0.15, 0.2) is 115 Å². The van der Waals surface area contributed by atoms with Gasteiger partial charge in [-0.3, -0.25) is 4.68 Å². The molecule has 1 radical (unpaired) electrons. The van der Waals surface area contributed by atoms with Gasteiger partial charge in [0.2, 0.25) is 0 Å². The number of benzene rings is 4. The maximum absolute atomic E-state index is 15.6. The second kappa shape index (κ2) is 11.6. The first-order valence-electron chi connectivity index (χ1n) is 13.9. The molecule has 0 aliphatic heterocycles. The van der Waals surface area contributed by atoms with Gasteiger partial charge in [-0.1, -0.05) is 91.0 Å². The van der Waals surface area contributed by atoms with Crippen molar-refractivity contribution in [3.63, 3.8) is 0 Å². The summed E-state index contributed by atoms with van der Waals surface area (Å²) in [6.07, 6.45) is 1.88. The zero-order chi connectivity index (χ0) is 30.0. The van der Waals surface area contributed by atoms with Gasteiger partial charge in [-0.15, -0.1) is 0 Å². The van der Waals surface area contributed by atoms with Gasteiger partial charge < -0.3 is 14.5 Å². The van der Waals surface area contributed by atoms with Gasteiger partial charge in [-0.05, 0) is 62.0 Å². The van der Waals surface area contributed by atoms with Crippen molar-refractivity contribution in [1.29, 1.82) is 0 Å². The Bertz CT molecular complexity index is 1540. The third kappa shape index (κ3) is 5.38. The van der Waals surface area contributed by atoms with Crippen LogP contribution in [-0.4, -0.2) is 40.7 Å². The number of aromatic nitrogens is 2. The Morgan fingerprint density at radius 3 is 1.69 bits per heavy atom. The molecule has 4 aromatic carbocycles. The Hall–Kier alpha value is -4.20. The lowest BCUT2D eigenvalue weighted by Gasteiger charge is -2.37. The van der Waals surface area contributed by atoms with E-state index < -0.39 is 22.6 Å². The molecule has 5 rings (SSSR count). The summed E-state index contributed by atoms with van der Waals surface area (Å²) in [5.41, 5.74) is 1.21. The SMILES string of the molecule is COc1ccc(-c2nn(C(c3ccccc3)(c3ccccc3)c3ccccc3)cc2[B]OC(C)(C)C(C)(C)O)c(F)c1. The smallest absolute Gasteiger partial charge is 0.334 e. The van der Waals surface area contributed by atoms with Crippen molar-refractivity contribution in [3.05, 3.63) is 138 Å². The van der Waals surface area contributed by atoms with E-state index in [0.29, 0.717) is 22.5 Å². The molecule has 0 bridgehead atoms. The minimum Gasteiger partial charge on any atom is -0.497 e. The lowest BCUT2D eigenvalue weighted by Crippen LogP contribution is -2.49. The number of nitrogens with zero attached hydrogens (tertiary/aromatic N) is 2. The molecule has 42 heavy (non-hydrogen) atoms. The summed E-state index contributed by atoms with van der Waals surface area (Å²) in [6, 6.07) is 35.2. The van der Waals surface area contributed by atoms with Crippen LogP contribution >= 0.6 is 0 Å². The quantitative estimate of drug-likeness (QED) is 0.160. The van der Waals surface area contributed by atoms with E-state index in [-0.39, 0.29) is 0 Å². The molecule has 1 N–H and O–H groups in total. The predicted octanol–water partition coefficient (Wildman–Crippen LogP) is 6.35. The van der Waals surface area contributed by atoms with E-state index in [4.69, 9.17) is 14.5 Å². The highest BCUT2D eigenvalue weighted by molar-refractivity contribution is 6.49. The Kier molecular flexibility index (Phi) is 8.09. The summed E-state index contributed by atoms with van der Waals surface area (Å²) in [7, 11) is 3.06. The van der Waals surface area contributed by atoms with Crippen LogP contribution in [0.4, 0.5) is 4.39 Å². The molecule has 0 unspecified atom stereocenters. The number of halogens is 1.